The topological polar surface area (TPSA) is 32.8 Å². The normalized spacial score (nSPS) is 22.7. The van der Waals surface area contributed by atoms with E-state index < -0.39 is 0 Å². The lowest BCUT2D eigenvalue weighted by atomic mass is 9.97. The van der Waals surface area contributed by atoms with Crippen molar-refractivity contribution in [1.82, 2.24) is 9.80 Å². The molecule has 2 aliphatic heterocycles. The Balaban J connectivity index is 1.48. The molecule has 1 aromatic heterocycles. The Bertz CT molecular complexity index is 803. The first kappa shape index (κ1) is 18.5. The molecule has 2 atom stereocenters. The van der Waals surface area contributed by atoms with Crippen molar-refractivity contribution in [1.29, 1.82) is 0 Å². The second-order valence-electron chi connectivity index (χ2n) is 7.47. The predicted octanol–water partition coefficient (Wildman–Crippen LogP) is 4.43. The van der Waals surface area contributed by atoms with E-state index >= 15 is 0 Å². The highest BCUT2D eigenvalue weighted by Gasteiger charge is 2.34. The molecule has 0 saturated carbocycles. The summed E-state index contributed by atoms with van der Waals surface area (Å²) >= 11 is 1.83. The summed E-state index contributed by atoms with van der Waals surface area (Å²) in [4.78, 5) is 19.2. The van der Waals surface area contributed by atoms with Crippen LogP contribution in [0.15, 0.2) is 35.7 Å². The number of amides is 1. The fraction of sp³-hybridized carbons (Fsp3) is 0.500. The molecule has 4 nitrogen and oxygen atoms in total. The number of thiophene rings is 1. The monoisotopic (exact) mass is 384 g/mol. The third kappa shape index (κ3) is 3.63. The third-order valence-corrected chi connectivity index (χ3v) is 6.98. The van der Waals surface area contributed by atoms with Gasteiger partial charge in [0.05, 0.1) is 19.7 Å². The van der Waals surface area contributed by atoms with E-state index in [1.807, 2.05) is 23.5 Å². The molecule has 0 radical (unpaired) electrons. The van der Waals surface area contributed by atoms with Gasteiger partial charge in [-0.3, -0.25) is 9.69 Å². The molecule has 1 fully saturated rings. The van der Waals surface area contributed by atoms with Crippen LogP contribution in [0, 0.1) is 0 Å². The van der Waals surface area contributed by atoms with Crippen molar-refractivity contribution in [2.24, 2.45) is 0 Å². The molecule has 2 aromatic rings. The van der Waals surface area contributed by atoms with Crippen LogP contribution in [0.5, 0.6) is 5.75 Å². The summed E-state index contributed by atoms with van der Waals surface area (Å²) in [5.74, 6) is 1.16. The van der Waals surface area contributed by atoms with E-state index in [4.69, 9.17) is 4.74 Å². The summed E-state index contributed by atoms with van der Waals surface area (Å²) in [7, 11) is 1.70. The fourth-order valence-electron chi connectivity index (χ4n) is 4.64. The van der Waals surface area contributed by atoms with Gasteiger partial charge in [0.1, 0.15) is 5.75 Å². The van der Waals surface area contributed by atoms with Crippen LogP contribution in [0.1, 0.15) is 54.3 Å². The van der Waals surface area contributed by atoms with Crippen LogP contribution >= 0.6 is 11.3 Å². The number of hydrogen-bond acceptors (Lipinski definition) is 4. The zero-order chi connectivity index (χ0) is 18.8. The van der Waals surface area contributed by atoms with Gasteiger partial charge in [-0.15, -0.1) is 11.3 Å². The summed E-state index contributed by atoms with van der Waals surface area (Å²) in [5.41, 5.74) is 2.62. The number of rotatable bonds is 5. The minimum absolute atomic E-state index is 0.241. The molecule has 2 unspecified atom stereocenters. The number of benzene rings is 1. The average Bonchev–Trinajstić information content (AvgIpc) is 3.36. The molecule has 5 heteroatoms. The molecule has 144 valence electrons. The van der Waals surface area contributed by atoms with E-state index in [1.165, 1.54) is 16.0 Å². The number of methoxy groups -OCH3 is 1. The Labute approximate surface area is 165 Å². The zero-order valence-electron chi connectivity index (χ0n) is 16.2. The van der Waals surface area contributed by atoms with Gasteiger partial charge >= 0.3 is 0 Å². The highest BCUT2D eigenvalue weighted by molar-refractivity contribution is 7.10. The molecule has 0 bridgehead atoms. The Kier molecular flexibility index (Phi) is 5.50. The van der Waals surface area contributed by atoms with Crippen molar-refractivity contribution >= 4 is 17.2 Å². The Morgan fingerprint density at radius 3 is 3.00 bits per heavy atom. The number of ether oxygens (including phenoxy) is 1. The van der Waals surface area contributed by atoms with Crippen molar-refractivity contribution in [3.8, 4) is 5.75 Å². The van der Waals surface area contributed by atoms with Gasteiger partial charge in [-0.05, 0) is 66.9 Å². The van der Waals surface area contributed by atoms with Crippen LogP contribution < -0.4 is 4.74 Å². The van der Waals surface area contributed by atoms with Crippen LogP contribution in [-0.2, 0) is 11.2 Å². The average molecular weight is 385 g/mol. The summed E-state index contributed by atoms with van der Waals surface area (Å²) in [6.45, 7) is 4.54. The molecule has 4 rings (SSSR count). The smallest absolute Gasteiger partial charge is 0.237 e. The van der Waals surface area contributed by atoms with E-state index in [-0.39, 0.29) is 11.9 Å². The molecule has 1 aromatic carbocycles. The molecule has 1 amide bonds. The maximum atomic E-state index is 13.2. The van der Waals surface area contributed by atoms with Crippen LogP contribution in [0.4, 0.5) is 0 Å². The van der Waals surface area contributed by atoms with Gasteiger partial charge in [0, 0.05) is 17.5 Å². The molecular formula is C22H28N2O2S. The maximum Gasteiger partial charge on any atom is 0.237 e. The third-order valence-electron chi connectivity index (χ3n) is 5.98. The summed E-state index contributed by atoms with van der Waals surface area (Å²) < 4.78 is 5.39. The van der Waals surface area contributed by atoms with Gasteiger partial charge in [-0.1, -0.05) is 19.1 Å². The highest BCUT2D eigenvalue weighted by atomic mass is 32.1. The molecule has 0 N–H and O–H groups in total. The Morgan fingerprint density at radius 1 is 1.30 bits per heavy atom. The number of carbonyl (C=O) groups is 1. The first-order valence-electron chi connectivity index (χ1n) is 9.95. The number of fused-ring (bicyclic) bond motifs is 1. The minimum Gasteiger partial charge on any atom is -0.497 e. The zero-order valence-corrected chi connectivity index (χ0v) is 17.0. The molecule has 3 heterocycles. The van der Waals surface area contributed by atoms with E-state index in [9.17, 15) is 4.79 Å². The first-order chi connectivity index (χ1) is 13.2. The fourth-order valence-corrected chi connectivity index (χ4v) is 5.57. The van der Waals surface area contributed by atoms with Crippen LogP contribution in [0.2, 0.25) is 0 Å². The van der Waals surface area contributed by atoms with E-state index in [1.54, 1.807) is 7.11 Å². The van der Waals surface area contributed by atoms with Crippen molar-refractivity contribution in [3.63, 3.8) is 0 Å². The molecular weight excluding hydrogens is 356 g/mol. The van der Waals surface area contributed by atoms with Gasteiger partial charge < -0.3 is 9.64 Å². The Morgan fingerprint density at radius 2 is 2.19 bits per heavy atom. The molecule has 27 heavy (non-hydrogen) atoms. The SMILES string of the molecule is CCC1c2ccsc2CCN1C(=O)CN1CCCC1c1cccc(OC)c1. The molecule has 2 aliphatic rings. The van der Waals surface area contributed by atoms with Crippen molar-refractivity contribution < 1.29 is 9.53 Å². The van der Waals surface area contributed by atoms with Crippen molar-refractivity contribution in [2.45, 2.75) is 44.7 Å². The summed E-state index contributed by atoms with van der Waals surface area (Å²) in [6, 6.07) is 11.1. The summed E-state index contributed by atoms with van der Waals surface area (Å²) in [5, 5.41) is 2.17. The lowest BCUT2D eigenvalue weighted by Gasteiger charge is -2.37. The standard InChI is InChI=1S/C22H28N2O2S/c1-3-19-18-10-13-27-21(18)9-12-24(19)22(25)15-23-11-5-8-20(23)16-6-4-7-17(14-16)26-2/h4,6-7,10,13-14,19-20H,3,5,8-9,11-12,15H2,1-2H3. The molecule has 1 saturated heterocycles. The second kappa shape index (κ2) is 8.03. The largest absolute Gasteiger partial charge is 0.497 e. The van der Waals surface area contributed by atoms with Gasteiger partial charge in [0.2, 0.25) is 5.91 Å². The first-order valence-corrected chi connectivity index (χ1v) is 10.8. The molecule has 0 aliphatic carbocycles. The van der Waals surface area contributed by atoms with Crippen LogP contribution in [0.25, 0.3) is 0 Å². The van der Waals surface area contributed by atoms with E-state index in [0.29, 0.717) is 12.6 Å². The maximum absolute atomic E-state index is 13.2. The molecule has 0 spiro atoms. The number of nitrogens with zero attached hydrogens (tertiary/aromatic N) is 2. The van der Waals surface area contributed by atoms with Gasteiger partial charge in [0.15, 0.2) is 0 Å². The van der Waals surface area contributed by atoms with E-state index in [2.05, 4.69) is 40.3 Å². The quantitative estimate of drug-likeness (QED) is 0.764. The second-order valence-corrected chi connectivity index (χ2v) is 8.47. The number of hydrogen-bond donors (Lipinski definition) is 0. The van der Waals surface area contributed by atoms with Crippen LogP contribution in [-0.4, -0.2) is 42.5 Å². The lowest BCUT2D eigenvalue weighted by molar-refractivity contribution is -0.135. The summed E-state index contributed by atoms with van der Waals surface area (Å²) in [6.07, 6.45) is 4.22. The van der Waals surface area contributed by atoms with E-state index in [0.717, 1.165) is 44.5 Å². The lowest BCUT2D eigenvalue weighted by Crippen LogP contribution is -2.44. The number of carbonyl (C=O) groups excluding carboxylic acids is 1. The number of likely N-dealkylation sites (tertiary alicyclic amines) is 1. The highest BCUT2D eigenvalue weighted by Crippen LogP contribution is 2.37. The van der Waals surface area contributed by atoms with Crippen molar-refractivity contribution in [3.05, 3.63) is 51.7 Å². The van der Waals surface area contributed by atoms with Crippen LogP contribution in [0.3, 0.4) is 0 Å². The van der Waals surface area contributed by atoms with Crippen molar-refractivity contribution in [2.75, 3.05) is 26.7 Å². The van der Waals surface area contributed by atoms with Gasteiger partial charge in [-0.2, -0.15) is 0 Å². The minimum atomic E-state index is 0.241. The Hall–Kier alpha value is -1.85. The van der Waals surface area contributed by atoms with Gasteiger partial charge in [0.25, 0.3) is 0 Å². The predicted molar refractivity (Wildman–Crippen MR) is 109 cm³/mol. The van der Waals surface area contributed by atoms with Gasteiger partial charge in [-0.25, -0.2) is 0 Å².